The molecule has 0 N–H and O–H groups in total. The molecule has 0 bridgehead atoms. The van der Waals surface area contributed by atoms with Gasteiger partial charge in [0.1, 0.15) is 0 Å². The molecule has 0 radical (unpaired) electrons. The molecular weight excluding hydrogens is 348 g/mol. The van der Waals surface area contributed by atoms with Crippen LogP contribution in [0.1, 0.15) is 56.0 Å². The van der Waals surface area contributed by atoms with Crippen LogP contribution in [-0.4, -0.2) is 60.3 Å². The van der Waals surface area contributed by atoms with Crippen LogP contribution in [0.15, 0.2) is 24.3 Å². The maximum absolute atomic E-state index is 13.0. The summed E-state index contributed by atoms with van der Waals surface area (Å²) < 4.78 is 23.7. The van der Waals surface area contributed by atoms with Gasteiger partial charge in [-0.3, -0.25) is 9.69 Å². The number of carbonyl (C=O) groups is 1. The van der Waals surface area contributed by atoms with Crippen LogP contribution in [0.5, 0.6) is 0 Å². The van der Waals surface area contributed by atoms with Gasteiger partial charge in [0.15, 0.2) is 9.84 Å². The second-order valence-corrected chi connectivity index (χ2v) is 10.1. The van der Waals surface area contributed by atoms with E-state index in [-0.39, 0.29) is 29.5 Å². The number of sulfone groups is 1. The Balaban J connectivity index is 1.72. The highest BCUT2D eigenvalue weighted by atomic mass is 32.2. The van der Waals surface area contributed by atoms with E-state index in [1.165, 1.54) is 5.56 Å². The van der Waals surface area contributed by atoms with Gasteiger partial charge in [0.05, 0.1) is 11.5 Å². The minimum Gasteiger partial charge on any atom is -0.332 e. The zero-order chi connectivity index (χ0) is 18.9. The molecule has 0 aromatic heterocycles. The van der Waals surface area contributed by atoms with E-state index in [1.807, 2.05) is 29.2 Å². The fourth-order valence-electron chi connectivity index (χ4n) is 3.77. The number of carbonyl (C=O) groups excluding carboxylic acids is 1. The normalized spacial score (nSPS) is 22.1. The Kier molecular flexibility index (Phi) is 5.72. The van der Waals surface area contributed by atoms with Crippen molar-refractivity contribution in [1.29, 1.82) is 0 Å². The molecule has 1 amide bonds. The summed E-state index contributed by atoms with van der Waals surface area (Å²) in [6, 6.07) is 8.38. The molecule has 2 fully saturated rings. The van der Waals surface area contributed by atoms with Gasteiger partial charge in [0.2, 0.25) is 0 Å². The van der Waals surface area contributed by atoms with Crippen molar-refractivity contribution in [3.63, 3.8) is 0 Å². The molecule has 5 nitrogen and oxygen atoms in total. The molecule has 0 spiro atoms. The second kappa shape index (κ2) is 7.69. The monoisotopic (exact) mass is 378 g/mol. The summed E-state index contributed by atoms with van der Waals surface area (Å²) in [7, 11) is -2.99. The molecule has 1 aromatic carbocycles. The largest absolute Gasteiger partial charge is 0.332 e. The van der Waals surface area contributed by atoms with E-state index >= 15 is 0 Å². The lowest BCUT2D eigenvalue weighted by molar-refractivity contribution is 0.0680. The van der Waals surface area contributed by atoms with Crippen LogP contribution in [0, 0.1) is 0 Å². The van der Waals surface area contributed by atoms with Gasteiger partial charge in [-0.25, -0.2) is 8.42 Å². The van der Waals surface area contributed by atoms with E-state index in [9.17, 15) is 13.2 Å². The van der Waals surface area contributed by atoms with Crippen molar-refractivity contribution < 1.29 is 13.2 Å². The van der Waals surface area contributed by atoms with Crippen LogP contribution in [-0.2, 0) is 16.4 Å². The van der Waals surface area contributed by atoms with Gasteiger partial charge in [0.25, 0.3) is 5.91 Å². The number of amides is 1. The van der Waals surface area contributed by atoms with Crippen molar-refractivity contribution >= 4 is 15.7 Å². The van der Waals surface area contributed by atoms with Crippen molar-refractivity contribution in [3.8, 4) is 0 Å². The fraction of sp³-hybridized carbons (Fsp3) is 0.650. The summed E-state index contributed by atoms with van der Waals surface area (Å²) in [6.07, 6.45) is 2.54. The van der Waals surface area contributed by atoms with Gasteiger partial charge >= 0.3 is 0 Å². The third-order valence-corrected chi connectivity index (χ3v) is 7.25. The van der Waals surface area contributed by atoms with E-state index in [1.54, 1.807) is 0 Å². The summed E-state index contributed by atoms with van der Waals surface area (Å²) in [4.78, 5) is 17.3. The first-order valence-corrected chi connectivity index (χ1v) is 11.5. The number of rotatable bonds is 7. The zero-order valence-corrected chi connectivity index (χ0v) is 16.8. The minimum atomic E-state index is -2.99. The Labute approximate surface area is 157 Å². The summed E-state index contributed by atoms with van der Waals surface area (Å²) in [6.45, 7) is 8.38. The smallest absolute Gasteiger partial charge is 0.254 e. The first-order valence-electron chi connectivity index (χ1n) is 9.67. The Morgan fingerprint density at radius 2 is 1.77 bits per heavy atom. The number of nitrogens with zero attached hydrogens (tertiary/aromatic N) is 2. The van der Waals surface area contributed by atoms with Gasteiger partial charge in [-0.1, -0.05) is 19.1 Å². The molecule has 26 heavy (non-hydrogen) atoms. The molecule has 1 aliphatic carbocycles. The molecule has 1 saturated carbocycles. The van der Waals surface area contributed by atoms with E-state index in [4.69, 9.17) is 0 Å². The molecule has 0 unspecified atom stereocenters. The molecule has 2 aliphatic rings. The van der Waals surface area contributed by atoms with Gasteiger partial charge in [-0.15, -0.1) is 0 Å². The molecule has 3 rings (SSSR count). The van der Waals surface area contributed by atoms with Crippen molar-refractivity contribution in [2.24, 2.45) is 0 Å². The van der Waals surface area contributed by atoms with Crippen molar-refractivity contribution in [3.05, 3.63) is 35.4 Å². The Hall–Kier alpha value is -1.40. The summed E-state index contributed by atoms with van der Waals surface area (Å²) >= 11 is 0. The summed E-state index contributed by atoms with van der Waals surface area (Å²) in [5.41, 5.74) is 1.86. The van der Waals surface area contributed by atoms with E-state index in [0.717, 1.165) is 25.9 Å². The number of benzene rings is 1. The van der Waals surface area contributed by atoms with Gasteiger partial charge in [-0.2, -0.15) is 0 Å². The highest BCUT2D eigenvalue weighted by Gasteiger charge is 2.42. The van der Waals surface area contributed by atoms with E-state index in [0.29, 0.717) is 18.0 Å². The third-order valence-electron chi connectivity index (χ3n) is 5.50. The van der Waals surface area contributed by atoms with Crippen molar-refractivity contribution in [1.82, 2.24) is 9.80 Å². The Morgan fingerprint density at radius 1 is 1.12 bits per heavy atom. The molecule has 1 aromatic rings. The van der Waals surface area contributed by atoms with Crippen LogP contribution in [0.2, 0.25) is 0 Å². The summed E-state index contributed by atoms with van der Waals surface area (Å²) in [5, 5.41) is 0. The average Bonchev–Trinajstić information content (AvgIpc) is 3.36. The van der Waals surface area contributed by atoms with Crippen LogP contribution in [0.4, 0.5) is 0 Å². The molecule has 1 aliphatic heterocycles. The predicted octanol–water partition coefficient (Wildman–Crippen LogP) is 2.71. The first-order chi connectivity index (χ1) is 12.3. The maximum Gasteiger partial charge on any atom is 0.254 e. The van der Waals surface area contributed by atoms with Crippen LogP contribution in [0.25, 0.3) is 0 Å². The summed E-state index contributed by atoms with van der Waals surface area (Å²) in [5.74, 6) is 0.305. The number of hydrogen-bond acceptors (Lipinski definition) is 4. The first kappa shape index (κ1) is 19.4. The van der Waals surface area contributed by atoms with Gasteiger partial charge < -0.3 is 4.90 Å². The maximum atomic E-state index is 13.0. The van der Waals surface area contributed by atoms with Crippen LogP contribution < -0.4 is 0 Å². The van der Waals surface area contributed by atoms with Gasteiger partial charge in [-0.05, 0) is 57.4 Å². The standard InChI is InChI=1S/C20H30N2O3S/c1-4-21(15(2)3)13-16-5-7-17(8-6-16)20(23)22(18-9-10-18)19-11-12-26(24,25)14-19/h5-8,15,18-19H,4,9-14H2,1-3H3/t19-/m0/s1. The van der Waals surface area contributed by atoms with Crippen molar-refractivity contribution in [2.45, 2.75) is 64.7 Å². The molecule has 1 atom stereocenters. The molecular formula is C20H30N2O3S. The topological polar surface area (TPSA) is 57.7 Å². The third kappa shape index (κ3) is 4.46. The lowest BCUT2D eigenvalue weighted by atomic mass is 10.1. The SMILES string of the molecule is CCN(Cc1ccc(C(=O)N(C2CC2)[C@H]2CCS(=O)(=O)C2)cc1)C(C)C. The Morgan fingerprint density at radius 3 is 2.23 bits per heavy atom. The van der Waals surface area contributed by atoms with Crippen LogP contribution >= 0.6 is 0 Å². The molecule has 144 valence electrons. The molecule has 6 heteroatoms. The second-order valence-electron chi connectivity index (χ2n) is 7.85. The van der Waals surface area contributed by atoms with Crippen LogP contribution in [0.3, 0.4) is 0 Å². The van der Waals surface area contributed by atoms with Crippen molar-refractivity contribution in [2.75, 3.05) is 18.1 Å². The van der Waals surface area contributed by atoms with E-state index < -0.39 is 9.84 Å². The molecule has 1 heterocycles. The predicted molar refractivity (Wildman–Crippen MR) is 104 cm³/mol. The lowest BCUT2D eigenvalue weighted by Crippen LogP contribution is -2.42. The highest BCUT2D eigenvalue weighted by Crippen LogP contribution is 2.33. The Bertz CT molecular complexity index is 739. The van der Waals surface area contributed by atoms with E-state index in [2.05, 4.69) is 25.7 Å². The lowest BCUT2D eigenvalue weighted by Gasteiger charge is -2.28. The quantitative estimate of drug-likeness (QED) is 0.732. The highest BCUT2D eigenvalue weighted by molar-refractivity contribution is 7.91. The molecule has 1 saturated heterocycles. The average molecular weight is 379 g/mol. The minimum absolute atomic E-state index is 0.0163. The zero-order valence-electron chi connectivity index (χ0n) is 16.0. The van der Waals surface area contributed by atoms with Gasteiger partial charge in [0, 0.05) is 30.2 Å². The fourth-order valence-corrected chi connectivity index (χ4v) is 5.48. The number of hydrogen-bond donors (Lipinski definition) is 0.